The molecule has 1 saturated heterocycles. The molecule has 1 heterocycles. The lowest BCUT2D eigenvalue weighted by atomic mass is 10.0. The third-order valence-corrected chi connectivity index (χ3v) is 3.57. The second-order valence-corrected chi connectivity index (χ2v) is 5.93. The van der Waals surface area contributed by atoms with Gasteiger partial charge in [0.2, 0.25) is 0 Å². The predicted octanol–water partition coefficient (Wildman–Crippen LogP) is 1.53. The zero-order valence-corrected chi connectivity index (χ0v) is 11.5. The summed E-state index contributed by atoms with van der Waals surface area (Å²) in [5, 5.41) is 0. The first-order valence-electron chi connectivity index (χ1n) is 6.64. The van der Waals surface area contributed by atoms with E-state index in [0.717, 1.165) is 19.0 Å². The lowest BCUT2D eigenvalue weighted by molar-refractivity contribution is 0.191. The molecule has 0 bridgehead atoms. The van der Waals surface area contributed by atoms with Gasteiger partial charge in [-0.1, -0.05) is 6.92 Å². The number of likely N-dealkylation sites (N-methyl/N-ethyl adjacent to an activating group) is 2. The second-order valence-electron chi connectivity index (χ2n) is 5.93. The van der Waals surface area contributed by atoms with Gasteiger partial charge in [0.05, 0.1) is 0 Å². The number of rotatable bonds is 6. The largest absolute Gasteiger partial charge is 0.326 e. The summed E-state index contributed by atoms with van der Waals surface area (Å²) in [7, 11) is 2.22. The van der Waals surface area contributed by atoms with E-state index in [-0.39, 0.29) is 5.54 Å². The van der Waals surface area contributed by atoms with Crippen LogP contribution in [0.1, 0.15) is 40.0 Å². The Morgan fingerprint density at radius 3 is 2.69 bits per heavy atom. The normalized spacial score (nSPS) is 23.2. The van der Waals surface area contributed by atoms with Crippen molar-refractivity contribution in [3.63, 3.8) is 0 Å². The zero-order chi connectivity index (χ0) is 12.2. The number of nitrogens with two attached hydrogens (primary N) is 1. The fourth-order valence-corrected chi connectivity index (χ4v) is 2.45. The minimum atomic E-state index is -0.0334. The highest BCUT2D eigenvalue weighted by molar-refractivity contribution is 4.81. The third-order valence-electron chi connectivity index (χ3n) is 3.57. The lowest BCUT2D eigenvalue weighted by Gasteiger charge is -2.29. The zero-order valence-electron chi connectivity index (χ0n) is 11.5. The molecule has 1 aliphatic heterocycles. The van der Waals surface area contributed by atoms with Crippen LogP contribution < -0.4 is 5.73 Å². The van der Waals surface area contributed by atoms with Gasteiger partial charge in [-0.3, -0.25) is 4.90 Å². The molecular formula is C13H29N3. The molecule has 1 aliphatic rings. The van der Waals surface area contributed by atoms with E-state index in [1.165, 1.54) is 32.5 Å². The maximum absolute atomic E-state index is 6.01. The summed E-state index contributed by atoms with van der Waals surface area (Å²) in [6, 6.07) is 0.774. The molecule has 1 atom stereocenters. The van der Waals surface area contributed by atoms with Gasteiger partial charge in [-0.15, -0.1) is 0 Å². The van der Waals surface area contributed by atoms with Crippen LogP contribution in [0.3, 0.4) is 0 Å². The first-order chi connectivity index (χ1) is 7.42. The fourth-order valence-electron chi connectivity index (χ4n) is 2.45. The van der Waals surface area contributed by atoms with Crippen molar-refractivity contribution in [1.82, 2.24) is 9.80 Å². The van der Waals surface area contributed by atoms with Gasteiger partial charge in [-0.05, 0) is 59.8 Å². The highest BCUT2D eigenvalue weighted by Crippen LogP contribution is 2.17. The van der Waals surface area contributed by atoms with Crippen LogP contribution in [0.2, 0.25) is 0 Å². The van der Waals surface area contributed by atoms with Gasteiger partial charge in [0, 0.05) is 18.1 Å². The predicted molar refractivity (Wildman–Crippen MR) is 70.6 cm³/mol. The molecule has 1 rings (SSSR count). The molecule has 16 heavy (non-hydrogen) atoms. The summed E-state index contributed by atoms with van der Waals surface area (Å²) in [5.74, 6) is 0. The van der Waals surface area contributed by atoms with E-state index in [1.54, 1.807) is 0 Å². The molecule has 0 radical (unpaired) electrons. The van der Waals surface area contributed by atoms with Crippen molar-refractivity contribution in [3.8, 4) is 0 Å². The Morgan fingerprint density at radius 2 is 2.12 bits per heavy atom. The number of likely N-dealkylation sites (tertiary alicyclic amines) is 1. The average molecular weight is 227 g/mol. The summed E-state index contributed by atoms with van der Waals surface area (Å²) in [6.07, 6.45) is 3.81. The Kier molecular flexibility index (Phi) is 5.22. The Hall–Kier alpha value is -0.120. The molecule has 0 amide bonds. The molecular weight excluding hydrogens is 198 g/mol. The number of hydrogen-bond donors (Lipinski definition) is 1. The Labute approximate surface area is 101 Å². The van der Waals surface area contributed by atoms with Gasteiger partial charge >= 0.3 is 0 Å². The lowest BCUT2D eigenvalue weighted by Crippen LogP contribution is -2.41. The SMILES string of the molecule is CCN1CCCC1CN(C)CCC(C)(C)N. The van der Waals surface area contributed by atoms with E-state index in [4.69, 9.17) is 5.73 Å². The van der Waals surface area contributed by atoms with Crippen molar-refractivity contribution < 1.29 is 0 Å². The minimum Gasteiger partial charge on any atom is -0.326 e. The van der Waals surface area contributed by atoms with Crippen molar-refractivity contribution in [3.05, 3.63) is 0 Å². The molecule has 0 saturated carbocycles. The van der Waals surface area contributed by atoms with Crippen LogP contribution in [-0.4, -0.2) is 54.6 Å². The summed E-state index contributed by atoms with van der Waals surface area (Å²) in [6.45, 7) is 11.3. The molecule has 0 spiro atoms. The van der Waals surface area contributed by atoms with Crippen LogP contribution in [0.4, 0.5) is 0 Å². The summed E-state index contributed by atoms with van der Waals surface area (Å²) >= 11 is 0. The van der Waals surface area contributed by atoms with Crippen molar-refractivity contribution in [1.29, 1.82) is 0 Å². The van der Waals surface area contributed by atoms with Crippen molar-refractivity contribution in [2.24, 2.45) is 5.73 Å². The van der Waals surface area contributed by atoms with Crippen LogP contribution in [0, 0.1) is 0 Å². The Bertz CT molecular complexity index is 198. The molecule has 3 heteroatoms. The molecule has 0 aromatic rings. The molecule has 1 fully saturated rings. The van der Waals surface area contributed by atoms with Crippen LogP contribution in [0.5, 0.6) is 0 Å². The highest BCUT2D eigenvalue weighted by Gasteiger charge is 2.24. The van der Waals surface area contributed by atoms with Crippen LogP contribution in [0.15, 0.2) is 0 Å². The topological polar surface area (TPSA) is 32.5 Å². The number of nitrogens with zero attached hydrogens (tertiary/aromatic N) is 2. The minimum absolute atomic E-state index is 0.0334. The smallest absolute Gasteiger partial charge is 0.0223 e. The Morgan fingerprint density at radius 1 is 1.44 bits per heavy atom. The van der Waals surface area contributed by atoms with E-state index in [9.17, 15) is 0 Å². The molecule has 2 N–H and O–H groups in total. The van der Waals surface area contributed by atoms with E-state index in [1.807, 2.05) is 0 Å². The van der Waals surface area contributed by atoms with Gasteiger partial charge in [-0.25, -0.2) is 0 Å². The quantitative estimate of drug-likeness (QED) is 0.747. The van der Waals surface area contributed by atoms with Gasteiger partial charge in [-0.2, -0.15) is 0 Å². The van der Waals surface area contributed by atoms with Crippen LogP contribution in [-0.2, 0) is 0 Å². The van der Waals surface area contributed by atoms with Crippen molar-refractivity contribution >= 4 is 0 Å². The van der Waals surface area contributed by atoms with E-state index in [0.29, 0.717) is 0 Å². The monoisotopic (exact) mass is 227 g/mol. The van der Waals surface area contributed by atoms with Gasteiger partial charge in [0.1, 0.15) is 0 Å². The van der Waals surface area contributed by atoms with Gasteiger partial charge < -0.3 is 10.6 Å². The highest BCUT2D eigenvalue weighted by atomic mass is 15.2. The third kappa shape index (κ3) is 4.81. The molecule has 3 nitrogen and oxygen atoms in total. The fraction of sp³-hybridized carbons (Fsp3) is 1.00. The van der Waals surface area contributed by atoms with Gasteiger partial charge in [0.25, 0.3) is 0 Å². The maximum atomic E-state index is 6.01. The summed E-state index contributed by atoms with van der Waals surface area (Å²) < 4.78 is 0. The average Bonchev–Trinajstić information content (AvgIpc) is 2.61. The summed E-state index contributed by atoms with van der Waals surface area (Å²) in [4.78, 5) is 5.04. The molecule has 1 unspecified atom stereocenters. The standard InChI is InChI=1S/C13H29N3/c1-5-16-9-6-7-12(16)11-15(4)10-8-13(2,3)14/h12H,5-11,14H2,1-4H3. The van der Waals surface area contributed by atoms with Crippen molar-refractivity contribution in [2.45, 2.75) is 51.6 Å². The first kappa shape index (κ1) is 13.9. The van der Waals surface area contributed by atoms with Gasteiger partial charge in [0.15, 0.2) is 0 Å². The van der Waals surface area contributed by atoms with Crippen LogP contribution in [0.25, 0.3) is 0 Å². The molecule has 0 aromatic heterocycles. The Balaban J connectivity index is 2.25. The molecule has 96 valence electrons. The van der Waals surface area contributed by atoms with E-state index >= 15 is 0 Å². The number of hydrogen-bond acceptors (Lipinski definition) is 3. The molecule has 0 aromatic carbocycles. The first-order valence-corrected chi connectivity index (χ1v) is 6.64. The van der Waals surface area contributed by atoms with E-state index in [2.05, 4.69) is 37.6 Å². The van der Waals surface area contributed by atoms with E-state index < -0.39 is 0 Å². The molecule has 0 aliphatic carbocycles. The van der Waals surface area contributed by atoms with Crippen LogP contribution >= 0.6 is 0 Å². The second kappa shape index (κ2) is 5.99. The van der Waals surface area contributed by atoms with Crippen molar-refractivity contribution in [2.75, 3.05) is 33.2 Å². The summed E-state index contributed by atoms with van der Waals surface area (Å²) in [5.41, 5.74) is 5.97. The maximum Gasteiger partial charge on any atom is 0.0223 e.